The second kappa shape index (κ2) is 13.7. The smallest absolute Gasteiger partial charge is 0.0720 e. The lowest BCUT2D eigenvalue weighted by molar-refractivity contribution is 0.563. The highest BCUT2D eigenvalue weighted by Gasteiger charge is 2.53. The molecule has 1 nitrogen and oxygen atoms in total. The largest absolute Gasteiger partial charge is 0.310 e. The highest BCUT2D eigenvalue weighted by molar-refractivity contribution is 5.92. The standard InChI is InChI=1S/C58H43N/c1-57(2)52-30-11-13-32-54(52)58(55-33-14-12-31-53(55)57)51-29-10-9-28-49(51)50-35-34-48(39-56(50)58)59(46-26-16-24-44(37-46)41-20-7-4-8-21-41)47-27-17-25-45(38-47)43-23-15-22-42(36-43)40-18-5-3-6-19-40/h3-39H,1-2H3. The van der Waals surface area contributed by atoms with Crippen LogP contribution in [0.2, 0.25) is 0 Å². The van der Waals surface area contributed by atoms with Gasteiger partial charge in [0.1, 0.15) is 0 Å². The summed E-state index contributed by atoms with van der Waals surface area (Å²) < 4.78 is 0. The van der Waals surface area contributed by atoms with E-state index in [1.807, 2.05) is 0 Å². The molecule has 1 spiro atoms. The molecule has 0 fully saturated rings. The summed E-state index contributed by atoms with van der Waals surface area (Å²) in [7, 11) is 0. The summed E-state index contributed by atoms with van der Waals surface area (Å²) in [4.78, 5) is 2.46. The minimum absolute atomic E-state index is 0.157. The van der Waals surface area contributed by atoms with E-state index in [0.717, 1.165) is 17.1 Å². The van der Waals surface area contributed by atoms with E-state index in [2.05, 4.69) is 243 Å². The van der Waals surface area contributed by atoms with Crippen molar-refractivity contribution in [2.45, 2.75) is 24.7 Å². The van der Waals surface area contributed by atoms with Crippen molar-refractivity contribution in [3.8, 4) is 44.5 Å². The van der Waals surface area contributed by atoms with Gasteiger partial charge in [0.2, 0.25) is 0 Å². The van der Waals surface area contributed by atoms with Crippen molar-refractivity contribution < 1.29 is 0 Å². The molecule has 0 saturated heterocycles. The summed E-state index contributed by atoms with van der Waals surface area (Å²) in [5, 5.41) is 0. The highest BCUT2D eigenvalue weighted by atomic mass is 15.1. The van der Waals surface area contributed by atoms with Crippen molar-refractivity contribution in [1.29, 1.82) is 0 Å². The van der Waals surface area contributed by atoms with E-state index in [1.165, 1.54) is 77.9 Å². The highest BCUT2D eigenvalue weighted by Crippen LogP contribution is 2.62. The lowest BCUT2D eigenvalue weighted by atomic mass is 9.55. The number of benzene rings is 9. The zero-order valence-corrected chi connectivity index (χ0v) is 33.3. The van der Waals surface area contributed by atoms with E-state index in [4.69, 9.17) is 0 Å². The fourth-order valence-corrected chi connectivity index (χ4v) is 10.2. The van der Waals surface area contributed by atoms with Crippen molar-refractivity contribution in [2.75, 3.05) is 4.90 Å². The van der Waals surface area contributed by atoms with Gasteiger partial charge >= 0.3 is 0 Å². The molecular weight excluding hydrogens is 711 g/mol. The molecule has 280 valence electrons. The molecule has 0 saturated carbocycles. The van der Waals surface area contributed by atoms with Crippen LogP contribution in [0.1, 0.15) is 47.2 Å². The van der Waals surface area contributed by atoms with Gasteiger partial charge < -0.3 is 4.90 Å². The van der Waals surface area contributed by atoms with Gasteiger partial charge in [0.25, 0.3) is 0 Å². The molecule has 0 unspecified atom stereocenters. The third-order valence-corrected chi connectivity index (χ3v) is 12.9. The Morgan fingerprint density at radius 1 is 0.271 bits per heavy atom. The van der Waals surface area contributed by atoms with E-state index < -0.39 is 5.41 Å². The minimum atomic E-state index is -0.484. The zero-order chi connectivity index (χ0) is 39.6. The molecule has 0 aromatic heterocycles. The van der Waals surface area contributed by atoms with Crippen LogP contribution in [0.15, 0.2) is 224 Å². The normalized spacial score (nSPS) is 13.9. The van der Waals surface area contributed by atoms with E-state index in [-0.39, 0.29) is 5.41 Å². The van der Waals surface area contributed by atoms with Crippen LogP contribution in [-0.2, 0) is 10.8 Å². The average molecular weight is 754 g/mol. The van der Waals surface area contributed by atoms with Crippen LogP contribution in [-0.4, -0.2) is 0 Å². The molecule has 0 atom stereocenters. The van der Waals surface area contributed by atoms with Crippen LogP contribution in [0.5, 0.6) is 0 Å². The topological polar surface area (TPSA) is 3.24 Å². The molecule has 0 bridgehead atoms. The van der Waals surface area contributed by atoms with Crippen molar-refractivity contribution >= 4 is 17.1 Å². The first-order valence-electron chi connectivity index (χ1n) is 20.7. The Kier molecular flexibility index (Phi) is 8.13. The van der Waals surface area contributed by atoms with Gasteiger partial charge in [-0.25, -0.2) is 0 Å². The monoisotopic (exact) mass is 753 g/mol. The Morgan fingerprint density at radius 2 is 0.661 bits per heavy atom. The van der Waals surface area contributed by atoms with Gasteiger partial charge in [0.05, 0.1) is 5.41 Å². The van der Waals surface area contributed by atoms with E-state index in [1.54, 1.807) is 0 Å². The molecule has 0 amide bonds. The molecule has 0 aliphatic heterocycles. The molecular formula is C58H43N. The fourth-order valence-electron chi connectivity index (χ4n) is 10.2. The Hall–Kier alpha value is -7.22. The van der Waals surface area contributed by atoms with E-state index >= 15 is 0 Å². The first kappa shape index (κ1) is 35.0. The summed E-state index contributed by atoms with van der Waals surface area (Å²) in [5.74, 6) is 0. The first-order chi connectivity index (χ1) is 29.0. The van der Waals surface area contributed by atoms with Crippen LogP contribution in [0, 0.1) is 0 Å². The van der Waals surface area contributed by atoms with Gasteiger partial charge in [-0.05, 0) is 120 Å². The third-order valence-electron chi connectivity index (χ3n) is 12.9. The summed E-state index contributed by atoms with van der Waals surface area (Å²) in [5.41, 5.74) is 20.6. The van der Waals surface area contributed by atoms with Crippen molar-refractivity contribution in [2.24, 2.45) is 0 Å². The van der Waals surface area contributed by atoms with Crippen molar-refractivity contribution in [3.63, 3.8) is 0 Å². The van der Waals surface area contributed by atoms with E-state index in [9.17, 15) is 0 Å². The SMILES string of the molecule is CC1(C)c2ccccc2C2(c3ccccc3-c3ccc(N(c4cccc(-c5ccccc5)c4)c4cccc(-c5cccc(-c6ccccc6)c5)c4)cc32)c2ccccc21. The van der Waals surface area contributed by atoms with Crippen LogP contribution < -0.4 is 4.90 Å². The Balaban J connectivity index is 1.15. The Bertz CT molecular complexity index is 2980. The molecule has 11 rings (SSSR count). The van der Waals surface area contributed by atoms with Crippen LogP contribution in [0.4, 0.5) is 17.1 Å². The second-order valence-electron chi connectivity index (χ2n) is 16.5. The lowest BCUT2D eigenvalue weighted by Crippen LogP contribution is -2.40. The summed E-state index contributed by atoms with van der Waals surface area (Å²) >= 11 is 0. The molecule has 1 heteroatoms. The first-order valence-corrected chi connectivity index (χ1v) is 20.7. The third kappa shape index (κ3) is 5.46. The number of fused-ring (bicyclic) bond motifs is 9. The fraction of sp³-hybridized carbons (Fsp3) is 0.0690. The molecule has 9 aromatic rings. The van der Waals surface area contributed by atoms with Gasteiger partial charge in [0, 0.05) is 22.5 Å². The summed E-state index contributed by atoms with van der Waals surface area (Å²) in [6.07, 6.45) is 0. The van der Waals surface area contributed by atoms with Gasteiger partial charge in [0.15, 0.2) is 0 Å². The second-order valence-corrected chi connectivity index (χ2v) is 16.5. The van der Waals surface area contributed by atoms with Crippen molar-refractivity contribution in [3.05, 3.63) is 258 Å². The maximum atomic E-state index is 2.50. The Labute approximate surface area is 347 Å². The number of rotatable bonds is 6. The van der Waals surface area contributed by atoms with E-state index in [0.29, 0.717) is 0 Å². The van der Waals surface area contributed by atoms with Gasteiger partial charge in [-0.3, -0.25) is 0 Å². The molecule has 2 aliphatic rings. The maximum absolute atomic E-state index is 2.50. The van der Waals surface area contributed by atoms with Crippen LogP contribution in [0.25, 0.3) is 44.5 Å². The maximum Gasteiger partial charge on any atom is 0.0720 e. The number of nitrogens with zero attached hydrogens (tertiary/aromatic N) is 1. The lowest BCUT2D eigenvalue weighted by Gasteiger charge is -2.46. The van der Waals surface area contributed by atoms with Crippen LogP contribution in [0.3, 0.4) is 0 Å². The van der Waals surface area contributed by atoms with Gasteiger partial charge in [-0.1, -0.05) is 196 Å². The minimum Gasteiger partial charge on any atom is -0.310 e. The van der Waals surface area contributed by atoms with Crippen LogP contribution >= 0.6 is 0 Å². The average Bonchev–Trinajstić information content (AvgIpc) is 3.59. The number of hydrogen-bond donors (Lipinski definition) is 0. The summed E-state index contributed by atoms with van der Waals surface area (Å²) in [6.45, 7) is 4.78. The van der Waals surface area contributed by atoms with Crippen molar-refractivity contribution in [1.82, 2.24) is 0 Å². The van der Waals surface area contributed by atoms with Gasteiger partial charge in [-0.15, -0.1) is 0 Å². The summed E-state index contributed by atoms with van der Waals surface area (Å²) in [6, 6.07) is 83.0. The van der Waals surface area contributed by atoms with Gasteiger partial charge in [-0.2, -0.15) is 0 Å². The molecule has 0 radical (unpaired) electrons. The Morgan fingerprint density at radius 3 is 1.24 bits per heavy atom. The molecule has 59 heavy (non-hydrogen) atoms. The quantitative estimate of drug-likeness (QED) is 0.163. The molecule has 0 N–H and O–H groups in total. The molecule has 9 aromatic carbocycles. The predicted octanol–water partition coefficient (Wildman–Crippen LogP) is 15.2. The zero-order valence-electron chi connectivity index (χ0n) is 33.3. The number of anilines is 3. The number of hydrogen-bond acceptors (Lipinski definition) is 1. The molecule has 0 heterocycles. The molecule has 2 aliphatic carbocycles. The predicted molar refractivity (Wildman–Crippen MR) is 247 cm³/mol.